The first kappa shape index (κ1) is 12.7. The van der Waals surface area contributed by atoms with Gasteiger partial charge in [-0.05, 0) is 23.8 Å². The lowest BCUT2D eigenvalue weighted by molar-refractivity contribution is 0.587. The zero-order valence-electron chi connectivity index (χ0n) is 10.8. The second kappa shape index (κ2) is 4.64. The molecule has 0 aliphatic carbocycles. The highest BCUT2D eigenvalue weighted by atomic mass is 32.2. The van der Waals surface area contributed by atoms with Crippen molar-refractivity contribution in [3.8, 4) is 11.1 Å². The van der Waals surface area contributed by atoms with Gasteiger partial charge in [-0.1, -0.05) is 12.1 Å². The van der Waals surface area contributed by atoms with E-state index in [0.717, 1.165) is 15.1 Å². The Kier molecular flexibility index (Phi) is 2.94. The first-order valence-corrected chi connectivity index (χ1v) is 7.40. The summed E-state index contributed by atoms with van der Waals surface area (Å²) in [6.07, 6.45) is 6.48. The molecule has 0 aliphatic rings. The van der Waals surface area contributed by atoms with Gasteiger partial charge in [0.05, 0.1) is 11.1 Å². The minimum absolute atomic E-state index is 0.245. The van der Waals surface area contributed by atoms with Gasteiger partial charge < -0.3 is 0 Å². The fraction of sp³-hybridized carbons (Fsp3) is 0.0714. The van der Waals surface area contributed by atoms with Crippen molar-refractivity contribution in [3.63, 3.8) is 0 Å². The highest BCUT2D eigenvalue weighted by Crippen LogP contribution is 2.21. The maximum atomic E-state index is 12.3. The largest absolute Gasteiger partial charge is 0.275 e. The van der Waals surface area contributed by atoms with Crippen LogP contribution in [-0.4, -0.2) is 22.2 Å². The Bertz CT molecular complexity index is 816. The third-order valence-electron chi connectivity index (χ3n) is 2.99. The molecule has 3 rings (SSSR count). The normalized spacial score (nSPS) is 11.7. The van der Waals surface area contributed by atoms with E-state index in [9.17, 15) is 8.42 Å². The van der Waals surface area contributed by atoms with E-state index in [1.54, 1.807) is 41.2 Å². The molecule has 101 valence electrons. The van der Waals surface area contributed by atoms with E-state index >= 15 is 0 Å². The van der Waals surface area contributed by atoms with Crippen molar-refractivity contribution in [1.82, 2.24) is 13.8 Å². The fourth-order valence-electron chi connectivity index (χ4n) is 1.94. The van der Waals surface area contributed by atoms with Crippen LogP contribution in [0.2, 0.25) is 0 Å². The molecule has 0 saturated heterocycles. The molecule has 1 radical (unpaired) electrons. The van der Waals surface area contributed by atoms with Crippen LogP contribution in [0.15, 0.2) is 60.0 Å². The molecule has 0 fully saturated rings. The Morgan fingerprint density at radius 3 is 2.45 bits per heavy atom. The smallest absolute Gasteiger partial charge is 0.267 e. The molecule has 0 amide bonds. The number of rotatable bonds is 3. The number of nitrogens with zero attached hydrogens (tertiary/aromatic N) is 3. The van der Waals surface area contributed by atoms with Crippen LogP contribution in [-0.2, 0) is 17.1 Å². The Labute approximate surface area is 117 Å². The summed E-state index contributed by atoms with van der Waals surface area (Å²) in [5.41, 5.74) is 1.88. The van der Waals surface area contributed by atoms with Crippen molar-refractivity contribution in [2.75, 3.05) is 0 Å². The summed E-state index contributed by atoms with van der Waals surface area (Å²) >= 11 is 0. The number of aromatic nitrogens is 3. The molecular weight excluding hydrogens is 274 g/mol. The third-order valence-corrected chi connectivity index (χ3v) is 4.64. The van der Waals surface area contributed by atoms with Gasteiger partial charge >= 0.3 is 0 Å². The monoisotopic (exact) mass is 286 g/mol. The minimum atomic E-state index is -3.52. The molecule has 0 aliphatic heterocycles. The summed E-state index contributed by atoms with van der Waals surface area (Å²) in [6.45, 7) is 0. The molecule has 0 atom stereocenters. The molecule has 0 spiro atoms. The molecule has 1 aromatic carbocycles. The predicted molar refractivity (Wildman–Crippen MR) is 74.5 cm³/mol. The zero-order chi connectivity index (χ0) is 14.2. The highest BCUT2D eigenvalue weighted by Gasteiger charge is 2.15. The SMILES string of the molecule is Cn1cc(-c2ccc(S(=O)(=O)n3c[c]cc3)cc2)cn1. The fourth-order valence-corrected chi connectivity index (χ4v) is 3.08. The van der Waals surface area contributed by atoms with E-state index < -0.39 is 10.0 Å². The van der Waals surface area contributed by atoms with Crippen LogP contribution in [0.25, 0.3) is 11.1 Å². The molecule has 6 heteroatoms. The van der Waals surface area contributed by atoms with E-state index in [-0.39, 0.29) is 4.90 Å². The molecule has 2 aromatic heterocycles. The van der Waals surface area contributed by atoms with E-state index in [1.807, 2.05) is 13.2 Å². The van der Waals surface area contributed by atoms with Crippen LogP contribution in [0.3, 0.4) is 0 Å². The van der Waals surface area contributed by atoms with Crippen molar-refractivity contribution < 1.29 is 8.42 Å². The quantitative estimate of drug-likeness (QED) is 0.739. The average Bonchev–Trinajstić information content (AvgIpc) is 3.10. The third kappa shape index (κ3) is 2.14. The van der Waals surface area contributed by atoms with Gasteiger partial charge in [0.15, 0.2) is 0 Å². The lowest BCUT2D eigenvalue weighted by Crippen LogP contribution is -2.10. The predicted octanol–water partition coefficient (Wildman–Crippen LogP) is 1.93. The van der Waals surface area contributed by atoms with Crippen LogP contribution in [0.5, 0.6) is 0 Å². The van der Waals surface area contributed by atoms with Crippen molar-refractivity contribution in [1.29, 1.82) is 0 Å². The first-order chi connectivity index (χ1) is 9.57. The standard InChI is InChI=1S/C14H12N3O2S/c1-16-11-13(10-15-16)12-4-6-14(7-5-12)20(18,19)17-8-2-3-9-17/h2,4-11H,1H3. The van der Waals surface area contributed by atoms with Crippen molar-refractivity contribution in [3.05, 3.63) is 61.2 Å². The van der Waals surface area contributed by atoms with Gasteiger partial charge in [0.1, 0.15) is 0 Å². The molecule has 2 heterocycles. The molecule has 0 bridgehead atoms. The lowest BCUT2D eigenvalue weighted by Gasteiger charge is -2.06. The molecule has 0 saturated carbocycles. The van der Waals surface area contributed by atoms with Gasteiger partial charge in [0.2, 0.25) is 0 Å². The summed E-state index contributed by atoms with van der Waals surface area (Å²) in [4.78, 5) is 0.245. The second-order valence-corrected chi connectivity index (χ2v) is 6.22. The average molecular weight is 286 g/mol. The topological polar surface area (TPSA) is 56.9 Å². The van der Waals surface area contributed by atoms with Crippen molar-refractivity contribution in [2.45, 2.75) is 4.90 Å². The summed E-state index contributed by atoms with van der Waals surface area (Å²) in [5, 5.41) is 4.09. The molecule has 3 aromatic rings. The van der Waals surface area contributed by atoms with Gasteiger partial charge in [0.25, 0.3) is 10.0 Å². The number of aryl methyl sites for hydroxylation is 1. The van der Waals surface area contributed by atoms with Crippen LogP contribution in [0.4, 0.5) is 0 Å². The Hall–Kier alpha value is -2.34. The summed E-state index contributed by atoms with van der Waals surface area (Å²) < 4.78 is 27.4. The first-order valence-electron chi connectivity index (χ1n) is 5.96. The van der Waals surface area contributed by atoms with E-state index in [0.29, 0.717) is 0 Å². The van der Waals surface area contributed by atoms with Gasteiger partial charge in [-0.2, -0.15) is 5.10 Å². The van der Waals surface area contributed by atoms with Crippen LogP contribution in [0.1, 0.15) is 0 Å². The second-order valence-electron chi connectivity index (χ2n) is 4.37. The molecule has 0 unspecified atom stereocenters. The lowest BCUT2D eigenvalue weighted by atomic mass is 10.1. The molecular formula is C14H12N3O2S. The van der Waals surface area contributed by atoms with Crippen LogP contribution in [0, 0.1) is 6.07 Å². The Morgan fingerprint density at radius 2 is 1.90 bits per heavy atom. The molecule has 20 heavy (non-hydrogen) atoms. The summed E-state index contributed by atoms with van der Waals surface area (Å²) in [5.74, 6) is 0. The number of hydrogen-bond acceptors (Lipinski definition) is 3. The van der Waals surface area contributed by atoms with Gasteiger partial charge in [-0.3, -0.25) is 4.68 Å². The van der Waals surface area contributed by atoms with E-state index in [1.165, 1.54) is 12.4 Å². The maximum Gasteiger partial charge on any atom is 0.267 e. The number of benzene rings is 1. The highest BCUT2D eigenvalue weighted by molar-refractivity contribution is 7.90. The van der Waals surface area contributed by atoms with Crippen LogP contribution < -0.4 is 0 Å². The maximum absolute atomic E-state index is 12.3. The van der Waals surface area contributed by atoms with Crippen molar-refractivity contribution >= 4 is 10.0 Å². The Balaban J connectivity index is 1.98. The number of hydrogen-bond donors (Lipinski definition) is 0. The van der Waals surface area contributed by atoms with E-state index in [2.05, 4.69) is 11.2 Å². The molecule has 0 N–H and O–H groups in total. The van der Waals surface area contributed by atoms with Gasteiger partial charge in [0, 0.05) is 37.3 Å². The van der Waals surface area contributed by atoms with E-state index in [4.69, 9.17) is 0 Å². The van der Waals surface area contributed by atoms with Gasteiger partial charge in [-0.15, -0.1) is 0 Å². The van der Waals surface area contributed by atoms with Gasteiger partial charge in [-0.25, -0.2) is 12.4 Å². The van der Waals surface area contributed by atoms with Crippen LogP contribution >= 0.6 is 0 Å². The summed E-state index contributed by atoms with van der Waals surface area (Å²) in [7, 11) is -1.69. The minimum Gasteiger partial charge on any atom is -0.275 e. The summed E-state index contributed by atoms with van der Waals surface area (Å²) in [6, 6.07) is 11.0. The molecule has 5 nitrogen and oxygen atoms in total. The Morgan fingerprint density at radius 1 is 1.15 bits per heavy atom. The zero-order valence-corrected chi connectivity index (χ0v) is 11.6. The van der Waals surface area contributed by atoms with Crippen molar-refractivity contribution in [2.24, 2.45) is 7.05 Å².